The molecule has 0 unspecified atom stereocenters. The number of hydrogen-bond donors (Lipinski definition) is 0. The Morgan fingerprint density at radius 2 is 0.513 bits per heavy atom. The Morgan fingerprint density at radius 3 is 0.744 bits per heavy atom. The summed E-state index contributed by atoms with van der Waals surface area (Å²) in [7, 11) is 0. The molecule has 1 rings (SSSR count). The maximum absolute atomic E-state index is 3.83. The van der Waals surface area contributed by atoms with Crippen LogP contribution in [-0.4, -0.2) is 0 Å². The van der Waals surface area contributed by atoms with Crippen LogP contribution in [0, 0.1) is 0 Å². The Balaban J connectivity index is 2.39. The first-order valence-electron chi connectivity index (χ1n) is 17.2. The van der Waals surface area contributed by atoms with Crippen molar-refractivity contribution in [2.45, 2.75) is 173 Å². The molecule has 0 atom stereocenters. The molecule has 0 heteroatoms. The zero-order chi connectivity index (χ0) is 28.1. The van der Waals surface area contributed by atoms with Crippen LogP contribution in [0.15, 0.2) is 56.2 Å². The van der Waals surface area contributed by atoms with E-state index in [0.29, 0.717) is 0 Å². The highest BCUT2D eigenvalue weighted by Gasteiger charge is 2.04. The van der Waals surface area contributed by atoms with E-state index >= 15 is 0 Å². The van der Waals surface area contributed by atoms with Gasteiger partial charge in [-0.3, -0.25) is 0 Å². The van der Waals surface area contributed by atoms with Gasteiger partial charge in [-0.15, -0.1) is 19.7 Å². The van der Waals surface area contributed by atoms with E-state index < -0.39 is 0 Å². The first-order chi connectivity index (χ1) is 19.3. The molecule has 0 heterocycles. The van der Waals surface area contributed by atoms with Crippen LogP contribution in [0.1, 0.15) is 171 Å². The molecule has 39 heavy (non-hydrogen) atoms. The second-order valence-electron chi connectivity index (χ2n) is 12.1. The molecule has 0 saturated carbocycles. The minimum absolute atomic E-state index is 1.19. The van der Waals surface area contributed by atoms with Gasteiger partial charge in [0.05, 0.1) is 0 Å². The summed E-state index contributed by atoms with van der Waals surface area (Å²) in [5.74, 6) is 0. The molecule has 0 aliphatic carbocycles. The first kappa shape index (κ1) is 35.5. The third-order valence-electron chi connectivity index (χ3n) is 8.23. The lowest BCUT2D eigenvalue weighted by atomic mass is 9.95. The lowest BCUT2D eigenvalue weighted by molar-refractivity contribution is 0.577. The Bertz CT molecular complexity index is 588. The summed E-state index contributed by atoms with van der Waals surface area (Å²) < 4.78 is 0. The number of hydrogen-bond acceptors (Lipinski definition) is 0. The van der Waals surface area contributed by atoms with Crippen LogP contribution in [-0.2, 0) is 19.3 Å². The highest BCUT2D eigenvalue weighted by atomic mass is 14.1. The van der Waals surface area contributed by atoms with Crippen LogP contribution in [0.25, 0.3) is 0 Å². The van der Waals surface area contributed by atoms with E-state index in [9.17, 15) is 0 Å². The molecule has 0 amide bonds. The van der Waals surface area contributed by atoms with Crippen molar-refractivity contribution < 1.29 is 0 Å². The summed E-state index contributed by atoms with van der Waals surface area (Å²) in [4.78, 5) is 0. The lowest BCUT2D eigenvalue weighted by Crippen LogP contribution is -1.96. The fraction of sp³-hybridized carbons (Fsp3) is 0.692. The molecule has 222 valence electrons. The van der Waals surface area contributed by atoms with Gasteiger partial charge in [-0.05, 0) is 93.7 Å². The maximum atomic E-state index is 3.83. The Morgan fingerprint density at radius 1 is 0.308 bits per heavy atom. The lowest BCUT2D eigenvalue weighted by Gasteiger charge is -2.11. The molecule has 0 saturated heterocycles. The van der Waals surface area contributed by atoms with Crippen molar-refractivity contribution in [2.75, 3.05) is 0 Å². The molecular formula is C39H66. The molecule has 0 aliphatic heterocycles. The van der Waals surface area contributed by atoms with Gasteiger partial charge >= 0.3 is 0 Å². The van der Waals surface area contributed by atoms with Gasteiger partial charge in [-0.2, -0.15) is 0 Å². The highest BCUT2D eigenvalue weighted by Crippen LogP contribution is 2.20. The third-order valence-corrected chi connectivity index (χ3v) is 8.23. The highest BCUT2D eigenvalue weighted by molar-refractivity contribution is 5.30. The van der Waals surface area contributed by atoms with Gasteiger partial charge < -0.3 is 0 Å². The molecule has 0 nitrogen and oxygen atoms in total. The van der Waals surface area contributed by atoms with Gasteiger partial charge in [0, 0.05) is 0 Å². The molecule has 0 fully saturated rings. The largest absolute Gasteiger partial charge is 0.103 e. The van der Waals surface area contributed by atoms with E-state index in [0.717, 1.165) is 0 Å². The average molecular weight is 535 g/mol. The Labute approximate surface area is 245 Å². The fourth-order valence-electron chi connectivity index (χ4n) is 5.78. The van der Waals surface area contributed by atoms with Gasteiger partial charge in [-0.1, -0.05) is 133 Å². The zero-order valence-corrected chi connectivity index (χ0v) is 26.2. The molecule has 1 aromatic rings. The predicted octanol–water partition coefficient (Wildman–Crippen LogP) is 13.2. The number of rotatable bonds is 30. The summed E-state index contributed by atoms with van der Waals surface area (Å²) in [5, 5.41) is 0. The fourth-order valence-corrected chi connectivity index (χ4v) is 5.78. The van der Waals surface area contributed by atoms with Gasteiger partial charge in [0.1, 0.15) is 0 Å². The number of aryl methyl sites for hydroxylation is 3. The van der Waals surface area contributed by atoms with Crippen LogP contribution in [0.3, 0.4) is 0 Å². The first-order valence-corrected chi connectivity index (χ1v) is 17.2. The maximum Gasteiger partial charge on any atom is -0.0279 e. The second-order valence-corrected chi connectivity index (χ2v) is 12.1. The molecule has 0 radical (unpaired) electrons. The minimum atomic E-state index is 1.19. The van der Waals surface area contributed by atoms with Crippen LogP contribution in [0.2, 0.25) is 0 Å². The number of unbranched alkanes of at least 4 members (excludes halogenated alkanes) is 21. The topological polar surface area (TPSA) is 0 Å². The van der Waals surface area contributed by atoms with E-state index in [2.05, 4.69) is 56.2 Å². The summed E-state index contributed by atoms with van der Waals surface area (Å²) in [6, 6.07) is 7.66. The average Bonchev–Trinajstić information content (AvgIpc) is 2.94. The van der Waals surface area contributed by atoms with E-state index in [4.69, 9.17) is 0 Å². The van der Waals surface area contributed by atoms with Crippen molar-refractivity contribution in [3.63, 3.8) is 0 Å². The van der Waals surface area contributed by atoms with Gasteiger partial charge in [0.25, 0.3) is 0 Å². The van der Waals surface area contributed by atoms with Crippen molar-refractivity contribution in [3.8, 4) is 0 Å². The monoisotopic (exact) mass is 535 g/mol. The normalized spacial score (nSPS) is 11.1. The van der Waals surface area contributed by atoms with Crippen LogP contribution in [0.4, 0.5) is 0 Å². The van der Waals surface area contributed by atoms with Gasteiger partial charge in [0.15, 0.2) is 0 Å². The zero-order valence-electron chi connectivity index (χ0n) is 26.2. The summed E-state index contributed by atoms with van der Waals surface area (Å²) in [6.07, 6.45) is 42.5. The summed E-state index contributed by atoms with van der Waals surface area (Å²) >= 11 is 0. The molecule has 0 bridgehead atoms. The Kier molecular flexibility index (Phi) is 25.5. The second kappa shape index (κ2) is 28.0. The van der Waals surface area contributed by atoms with Crippen molar-refractivity contribution in [1.82, 2.24) is 0 Å². The number of benzene rings is 1. The standard InChI is InChI=1S/C39H66/c1-4-7-10-13-16-19-22-25-28-31-37-34-38(32-29-26-23-20-17-14-11-8-5-2)36-39(35-37)33-30-27-24-21-18-15-12-9-6-3/h4-6,34-36H,1-3,7-33H2. The van der Waals surface area contributed by atoms with Gasteiger partial charge in [-0.25, -0.2) is 0 Å². The van der Waals surface area contributed by atoms with Gasteiger partial charge in [0.2, 0.25) is 0 Å². The third kappa shape index (κ3) is 22.9. The number of allylic oxidation sites excluding steroid dienone is 3. The molecule has 0 N–H and O–H groups in total. The minimum Gasteiger partial charge on any atom is -0.103 e. The molecule has 0 aromatic heterocycles. The summed E-state index contributed by atoms with van der Waals surface area (Å²) in [6.45, 7) is 11.5. The van der Waals surface area contributed by atoms with Crippen molar-refractivity contribution in [2.24, 2.45) is 0 Å². The molecule has 1 aromatic carbocycles. The van der Waals surface area contributed by atoms with Crippen molar-refractivity contribution in [1.29, 1.82) is 0 Å². The smallest absolute Gasteiger partial charge is 0.0279 e. The Hall–Kier alpha value is -1.56. The van der Waals surface area contributed by atoms with Crippen LogP contribution >= 0.6 is 0 Å². The predicted molar refractivity (Wildman–Crippen MR) is 179 cm³/mol. The molecule has 0 spiro atoms. The molecular weight excluding hydrogens is 468 g/mol. The SMILES string of the molecule is C=CCCCCCCCCCc1cc(CCCCCCCCCC=C)cc(CCCCCCCCCC=C)c1. The molecule has 0 aliphatic rings. The van der Waals surface area contributed by atoms with Crippen LogP contribution < -0.4 is 0 Å². The van der Waals surface area contributed by atoms with Crippen molar-refractivity contribution in [3.05, 3.63) is 72.9 Å². The quantitative estimate of drug-likeness (QED) is 0.0680. The van der Waals surface area contributed by atoms with Crippen LogP contribution in [0.5, 0.6) is 0 Å². The van der Waals surface area contributed by atoms with E-state index in [1.165, 1.54) is 173 Å². The summed E-state index contributed by atoms with van der Waals surface area (Å²) in [5.41, 5.74) is 4.83. The van der Waals surface area contributed by atoms with E-state index in [-0.39, 0.29) is 0 Å². The van der Waals surface area contributed by atoms with Crippen molar-refractivity contribution >= 4 is 0 Å². The van der Waals surface area contributed by atoms with E-state index in [1.54, 1.807) is 16.7 Å². The van der Waals surface area contributed by atoms with E-state index in [1.807, 2.05) is 0 Å².